The third-order valence-electron chi connectivity index (χ3n) is 4.35. The quantitative estimate of drug-likeness (QED) is 0.730. The van der Waals surface area contributed by atoms with Crippen LogP contribution in [0.1, 0.15) is 52.9 Å². The number of nitrogens with one attached hydrogen (secondary N) is 2. The van der Waals surface area contributed by atoms with Crippen molar-refractivity contribution in [3.05, 3.63) is 24.3 Å². The minimum atomic E-state index is 0.166. The zero-order chi connectivity index (χ0) is 15.2. The van der Waals surface area contributed by atoms with Crippen LogP contribution < -0.4 is 10.6 Å². The Labute approximate surface area is 128 Å². The second kappa shape index (κ2) is 7.48. The first kappa shape index (κ1) is 15.9. The Hall–Kier alpha value is -1.51. The minimum absolute atomic E-state index is 0.166. The lowest BCUT2D eigenvalue weighted by Gasteiger charge is -2.21. The van der Waals surface area contributed by atoms with Gasteiger partial charge < -0.3 is 10.6 Å². The van der Waals surface area contributed by atoms with Crippen molar-refractivity contribution in [1.29, 1.82) is 0 Å². The average molecular weight is 288 g/mol. The number of carbonyl (C=O) groups excluding carboxylic acids is 1. The van der Waals surface area contributed by atoms with Crippen molar-refractivity contribution in [2.45, 2.75) is 58.9 Å². The fourth-order valence-electron chi connectivity index (χ4n) is 2.46. The van der Waals surface area contributed by atoms with Gasteiger partial charge in [0.25, 0.3) is 0 Å². The largest absolute Gasteiger partial charge is 0.382 e. The van der Waals surface area contributed by atoms with Crippen molar-refractivity contribution in [2.24, 2.45) is 11.8 Å². The number of hydrogen-bond acceptors (Lipinski definition) is 2. The van der Waals surface area contributed by atoms with Crippen molar-refractivity contribution in [3.63, 3.8) is 0 Å². The van der Waals surface area contributed by atoms with Crippen LogP contribution in [0.25, 0.3) is 0 Å². The topological polar surface area (TPSA) is 41.1 Å². The standard InChI is InChI=1S/C18H28N2O/c1-4-13(3)12-15(5-2)19-16-8-10-17(11-9-16)20-18(21)14-6-7-14/h8-11,13-15,19H,4-7,12H2,1-3H3,(H,20,21). The molecule has 3 heteroatoms. The van der Waals surface area contributed by atoms with E-state index in [0.29, 0.717) is 6.04 Å². The third-order valence-corrected chi connectivity index (χ3v) is 4.35. The molecular formula is C18H28N2O. The van der Waals surface area contributed by atoms with E-state index in [0.717, 1.165) is 36.6 Å². The van der Waals surface area contributed by atoms with Crippen molar-refractivity contribution >= 4 is 17.3 Å². The molecule has 2 N–H and O–H groups in total. The molecule has 3 nitrogen and oxygen atoms in total. The van der Waals surface area contributed by atoms with Crippen LogP contribution in [-0.2, 0) is 4.79 Å². The number of benzene rings is 1. The molecule has 0 spiro atoms. The second-order valence-corrected chi connectivity index (χ2v) is 6.34. The van der Waals surface area contributed by atoms with E-state index in [1.807, 2.05) is 12.1 Å². The number of amides is 1. The maximum absolute atomic E-state index is 11.7. The van der Waals surface area contributed by atoms with E-state index in [1.165, 1.54) is 12.8 Å². The van der Waals surface area contributed by atoms with Crippen LogP contribution in [0.2, 0.25) is 0 Å². The Morgan fingerprint density at radius 1 is 1.14 bits per heavy atom. The van der Waals surface area contributed by atoms with Gasteiger partial charge in [-0.2, -0.15) is 0 Å². The van der Waals surface area contributed by atoms with Crippen LogP contribution in [0, 0.1) is 11.8 Å². The monoisotopic (exact) mass is 288 g/mol. The molecule has 0 heterocycles. The molecule has 2 unspecified atom stereocenters. The van der Waals surface area contributed by atoms with E-state index in [9.17, 15) is 4.79 Å². The number of anilines is 2. The molecule has 1 aliphatic carbocycles. The Balaban J connectivity index is 1.86. The number of hydrogen-bond donors (Lipinski definition) is 2. The first-order valence-corrected chi connectivity index (χ1v) is 8.29. The summed E-state index contributed by atoms with van der Waals surface area (Å²) in [7, 11) is 0. The normalized spacial score (nSPS) is 17.1. The Bertz CT molecular complexity index is 451. The maximum Gasteiger partial charge on any atom is 0.227 e. The summed E-state index contributed by atoms with van der Waals surface area (Å²) in [5.74, 6) is 1.17. The van der Waals surface area contributed by atoms with Crippen LogP contribution in [0.5, 0.6) is 0 Å². The van der Waals surface area contributed by atoms with Gasteiger partial charge in [0.15, 0.2) is 0 Å². The van der Waals surface area contributed by atoms with Crippen LogP contribution in [0.4, 0.5) is 11.4 Å². The number of carbonyl (C=O) groups is 1. The van der Waals surface area contributed by atoms with Gasteiger partial charge in [0.1, 0.15) is 0 Å². The minimum Gasteiger partial charge on any atom is -0.382 e. The molecule has 116 valence electrons. The summed E-state index contributed by atoms with van der Waals surface area (Å²) in [5.41, 5.74) is 2.03. The molecule has 1 aliphatic rings. The van der Waals surface area contributed by atoms with Crippen molar-refractivity contribution < 1.29 is 4.79 Å². The summed E-state index contributed by atoms with van der Waals surface area (Å²) in [6, 6.07) is 8.60. The molecule has 0 bridgehead atoms. The van der Waals surface area contributed by atoms with E-state index in [-0.39, 0.29) is 11.8 Å². The Morgan fingerprint density at radius 2 is 1.76 bits per heavy atom. The molecule has 0 radical (unpaired) electrons. The lowest BCUT2D eigenvalue weighted by molar-refractivity contribution is -0.117. The summed E-state index contributed by atoms with van der Waals surface area (Å²) < 4.78 is 0. The van der Waals surface area contributed by atoms with Gasteiger partial charge in [-0.1, -0.05) is 27.2 Å². The highest BCUT2D eigenvalue weighted by molar-refractivity contribution is 5.94. The van der Waals surface area contributed by atoms with Crippen molar-refractivity contribution in [2.75, 3.05) is 10.6 Å². The number of rotatable bonds is 8. The highest BCUT2D eigenvalue weighted by Gasteiger charge is 2.29. The van der Waals surface area contributed by atoms with E-state index in [1.54, 1.807) is 0 Å². The van der Waals surface area contributed by atoms with Crippen LogP contribution >= 0.6 is 0 Å². The van der Waals surface area contributed by atoms with E-state index >= 15 is 0 Å². The van der Waals surface area contributed by atoms with Gasteiger partial charge >= 0.3 is 0 Å². The molecular weight excluding hydrogens is 260 g/mol. The summed E-state index contributed by atoms with van der Waals surface area (Å²) >= 11 is 0. The average Bonchev–Trinajstić information content (AvgIpc) is 3.33. The van der Waals surface area contributed by atoms with Gasteiger partial charge in [-0.25, -0.2) is 0 Å². The molecule has 0 aliphatic heterocycles. The smallest absolute Gasteiger partial charge is 0.227 e. The van der Waals surface area contributed by atoms with Gasteiger partial charge in [0.2, 0.25) is 5.91 Å². The third kappa shape index (κ3) is 5.07. The fourth-order valence-corrected chi connectivity index (χ4v) is 2.46. The van der Waals surface area contributed by atoms with Gasteiger partial charge in [-0.05, 0) is 55.9 Å². The van der Waals surface area contributed by atoms with Gasteiger partial charge in [-0.15, -0.1) is 0 Å². The summed E-state index contributed by atoms with van der Waals surface area (Å²) in [6.07, 6.45) is 5.64. The molecule has 1 fully saturated rings. The lowest BCUT2D eigenvalue weighted by atomic mass is 9.97. The molecule has 1 amide bonds. The van der Waals surface area contributed by atoms with Crippen LogP contribution in [0.15, 0.2) is 24.3 Å². The molecule has 0 aromatic heterocycles. The first-order chi connectivity index (χ1) is 10.1. The summed E-state index contributed by atoms with van der Waals surface area (Å²) in [4.78, 5) is 11.7. The summed E-state index contributed by atoms with van der Waals surface area (Å²) in [5, 5.41) is 6.57. The zero-order valence-corrected chi connectivity index (χ0v) is 13.5. The molecule has 2 atom stereocenters. The lowest BCUT2D eigenvalue weighted by Crippen LogP contribution is -2.21. The Kier molecular flexibility index (Phi) is 5.66. The molecule has 1 aromatic carbocycles. The van der Waals surface area contributed by atoms with Gasteiger partial charge in [0, 0.05) is 23.3 Å². The Morgan fingerprint density at radius 3 is 2.29 bits per heavy atom. The molecule has 1 saturated carbocycles. The predicted octanol–water partition coefficient (Wildman–Crippen LogP) is 4.66. The summed E-state index contributed by atoms with van der Waals surface area (Å²) in [6.45, 7) is 6.78. The molecule has 21 heavy (non-hydrogen) atoms. The highest BCUT2D eigenvalue weighted by Crippen LogP contribution is 2.30. The molecule has 2 rings (SSSR count). The fraction of sp³-hybridized carbons (Fsp3) is 0.611. The van der Waals surface area contributed by atoms with E-state index in [2.05, 4.69) is 43.5 Å². The van der Waals surface area contributed by atoms with Gasteiger partial charge in [0.05, 0.1) is 0 Å². The SMILES string of the molecule is CCC(C)CC(CC)Nc1ccc(NC(=O)C2CC2)cc1. The van der Waals surface area contributed by atoms with Crippen LogP contribution in [-0.4, -0.2) is 11.9 Å². The first-order valence-electron chi connectivity index (χ1n) is 8.29. The maximum atomic E-state index is 11.7. The molecule has 1 aromatic rings. The van der Waals surface area contributed by atoms with Gasteiger partial charge in [-0.3, -0.25) is 4.79 Å². The second-order valence-electron chi connectivity index (χ2n) is 6.34. The van der Waals surface area contributed by atoms with Crippen LogP contribution in [0.3, 0.4) is 0 Å². The van der Waals surface area contributed by atoms with E-state index < -0.39 is 0 Å². The van der Waals surface area contributed by atoms with Crippen molar-refractivity contribution in [1.82, 2.24) is 0 Å². The van der Waals surface area contributed by atoms with E-state index in [4.69, 9.17) is 0 Å². The van der Waals surface area contributed by atoms with Crippen molar-refractivity contribution in [3.8, 4) is 0 Å². The zero-order valence-electron chi connectivity index (χ0n) is 13.5. The highest BCUT2D eigenvalue weighted by atomic mass is 16.2. The molecule has 0 saturated heterocycles. The predicted molar refractivity (Wildman–Crippen MR) is 89.6 cm³/mol.